The quantitative estimate of drug-likeness (QED) is 0.889. The minimum absolute atomic E-state index is 0.719. The first-order valence-corrected chi connectivity index (χ1v) is 7.60. The van der Waals surface area contributed by atoms with Gasteiger partial charge in [0.05, 0.1) is 7.11 Å². The van der Waals surface area contributed by atoms with E-state index in [-0.39, 0.29) is 0 Å². The Kier molecular flexibility index (Phi) is 3.58. The number of ether oxygens (including phenoxy) is 1. The number of thiophene rings is 1. The van der Waals surface area contributed by atoms with Crippen molar-refractivity contribution < 1.29 is 4.74 Å². The fourth-order valence-electron chi connectivity index (χ4n) is 2.27. The molecule has 1 aromatic heterocycles. The lowest BCUT2D eigenvalue weighted by molar-refractivity contribution is 0.407. The van der Waals surface area contributed by atoms with Crippen molar-refractivity contribution in [3.05, 3.63) is 40.8 Å². The zero-order chi connectivity index (χ0) is 13.2. The Morgan fingerprint density at radius 2 is 2.16 bits per heavy atom. The van der Waals surface area contributed by atoms with E-state index in [0.717, 1.165) is 18.3 Å². The van der Waals surface area contributed by atoms with Crippen LogP contribution in [0.5, 0.6) is 5.75 Å². The molecule has 100 valence electrons. The molecule has 0 saturated heterocycles. The third-order valence-corrected chi connectivity index (χ3v) is 4.63. The van der Waals surface area contributed by atoms with Crippen molar-refractivity contribution in [2.45, 2.75) is 32.4 Å². The SMILES string of the molecule is COc1ccc(-c2sccc2C)cc1CNC1CC1. The van der Waals surface area contributed by atoms with Crippen LogP contribution in [-0.2, 0) is 6.54 Å². The fraction of sp³-hybridized carbons (Fsp3) is 0.375. The fourth-order valence-corrected chi connectivity index (χ4v) is 3.19. The molecule has 2 nitrogen and oxygen atoms in total. The Bertz CT molecular complexity index is 572. The summed E-state index contributed by atoms with van der Waals surface area (Å²) in [5.74, 6) is 0.978. The molecule has 0 atom stereocenters. The Hall–Kier alpha value is -1.32. The molecule has 1 aromatic carbocycles. The lowest BCUT2D eigenvalue weighted by atomic mass is 10.1. The zero-order valence-electron chi connectivity index (χ0n) is 11.4. The summed E-state index contributed by atoms with van der Waals surface area (Å²) < 4.78 is 5.46. The molecule has 1 aliphatic carbocycles. The molecule has 0 bridgehead atoms. The van der Waals surface area contributed by atoms with E-state index in [9.17, 15) is 0 Å². The van der Waals surface area contributed by atoms with Crippen molar-refractivity contribution in [1.82, 2.24) is 5.32 Å². The number of rotatable bonds is 5. The van der Waals surface area contributed by atoms with Crippen molar-refractivity contribution in [2.75, 3.05) is 7.11 Å². The van der Waals surface area contributed by atoms with Crippen molar-refractivity contribution >= 4 is 11.3 Å². The van der Waals surface area contributed by atoms with Crippen LogP contribution < -0.4 is 10.1 Å². The molecule has 3 rings (SSSR count). The third kappa shape index (κ3) is 2.82. The highest BCUT2D eigenvalue weighted by atomic mass is 32.1. The van der Waals surface area contributed by atoms with E-state index in [0.29, 0.717) is 0 Å². The minimum atomic E-state index is 0.719. The third-order valence-electron chi connectivity index (χ3n) is 3.56. The maximum atomic E-state index is 5.46. The lowest BCUT2D eigenvalue weighted by Gasteiger charge is -2.11. The topological polar surface area (TPSA) is 21.3 Å². The molecule has 1 saturated carbocycles. The zero-order valence-corrected chi connectivity index (χ0v) is 12.2. The van der Waals surface area contributed by atoms with Gasteiger partial charge in [-0.1, -0.05) is 0 Å². The molecular formula is C16H19NOS. The van der Waals surface area contributed by atoms with Crippen LogP contribution in [0.15, 0.2) is 29.6 Å². The molecule has 1 aliphatic rings. The maximum absolute atomic E-state index is 5.46. The predicted molar refractivity (Wildman–Crippen MR) is 80.9 cm³/mol. The highest BCUT2D eigenvalue weighted by molar-refractivity contribution is 7.13. The summed E-state index contributed by atoms with van der Waals surface area (Å²) >= 11 is 1.80. The molecule has 0 aliphatic heterocycles. The molecule has 1 heterocycles. The molecule has 1 fully saturated rings. The van der Waals surface area contributed by atoms with Gasteiger partial charge in [-0.05, 0) is 60.5 Å². The van der Waals surface area contributed by atoms with Crippen molar-refractivity contribution in [3.8, 4) is 16.2 Å². The van der Waals surface area contributed by atoms with E-state index in [4.69, 9.17) is 4.74 Å². The van der Waals surface area contributed by atoms with Gasteiger partial charge in [-0.3, -0.25) is 0 Å². The number of hydrogen-bond donors (Lipinski definition) is 1. The van der Waals surface area contributed by atoms with Crippen LogP contribution in [0, 0.1) is 6.92 Å². The Labute approximate surface area is 118 Å². The van der Waals surface area contributed by atoms with Gasteiger partial charge in [-0.15, -0.1) is 11.3 Å². The normalized spacial score (nSPS) is 14.6. The van der Waals surface area contributed by atoms with Crippen molar-refractivity contribution in [1.29, 1.82) is 0 Å². The number of nitrogens with one attached hydrogen (secondary N) is 1. The van der Waals surface area contributed by atoms with Crippen LogP contribution in [0.3, 0.4) is 0 Å². The van der Waals surface area contributed by atoms with Gasteiger partial charge in [0.2, 0.25) is 0 Å². The lowest BCUT2D eigenvalue weighted by Crippen LogP contribution is -2.15. The number of aryl methyl sites for hydroxylation is 1. The first-order valence-electron chi connectivity index (χ1n) is 6.72. The van der Waals surface area contributed by atoms with Crippen molar-refractivity contribution in [3.63, 3.8) is 0 Å². The van der Waals surface area contributed by atoms with Gasteiger partial charge >= 0.3 is 0 Å². The standard InChI is InChI=1S/C16H19NOS/c1-11-7-8-19-16(11)12-3-6-15(18-2)13(9-12)10-17-14-4-5-14/h3,6-9,14,17H,4-5,10H2,1-2H3. The molecule has 0 radical (unpaired) electrons. The second-order valence-electron chi connectivity index (χ2n) is 5.11. The average Bonchev–Trinajstić information content (AvgIpc) is 3.17. The predicted octanol–water partition coefficient (Wildman–Crippen LogP) is 3.98. The van der Waals surface area contributed by atoms with Crippen LogP contribution in [0.4, 0.5) is 0 Å². The molecular weight excluding hydrogens is 254 g/mol. The van der Waals surface area contributed by atoms with E-state index >= 15 is 0 Å². The molecule has 2 aromatic rings. The van der Waals surface area contributed by atoms with Gasteiger partial charge in [0.15, 0.2) is 0 Å². The number of hydrogen-bond acceptors (Lipinski definition) is 3. The van der Waals surface area contributed by atoms with Gasteiger partial charge in [0.1, 0.15) is 5.75 Å². The van der Waals surface area contributed by atoms with Crippen LogP contribution in [0.2, 0.25) is 0 Å². The second-order valence-corrected chi connectivity index (χ2v) is 6.03. The van der Waals surface area contributed by atoms with Gasteiger partial charge in [0, 0.05) is 23.0 Å². The summed E-state index contributed by atoms with van der Waals surface area (Å²) in [7, 11) is 1.74. The molecule has 0 spiro atoms. The first kappa shape index (κ1) is 12.7. The second kappa shape index (κ2) is 5.35. The van der Waals surface area contributed by atoms with Gasteiger partial charge in [0.25, 0.3) is 0 Å². The largest absolute Gasteiger partial charge is 0.496 e. The Morgan fingerprint density at radius 1 is 1.32 bits per heavy atom. The molecule has 3 heteroatoms. The monoisotopic (exact) mass is 273 g/mol. The van der Waals surface area contributed by atoms with E-state index < -0.39 is 0 Å². The maximum Gasteiger partial charge on any atom is 0.123 e. The molecule has 0 unspecified atom stereocenters. The minimum Gasteiger partial charge on any atom is -0.496 e. The summed E-state index contributed by atoms with van der Waals surface area (Å²) in [6, 6.07) is 9.38. The molecule has 19 heavy (non-hydrogen) atoms. The van der Waals surface area contributed by atoms with E-state index in [2.05, 4.69) is 41.9 Å². The number of methoxy groups -OCH3 is 1. The van der Waals surface area contributed by atoms with Crippen LogP contribution in [-0.4, -0.2) is 13.2 Å². The molecule has 0 amide bonds. The highest BCUT2D eigenvalue weighted by Gasteiger charge is 2.20. The van der Waals surface area contributed by atoms with Gasteiger partial charge in [-0.2, -0.15) is 0 Å². The summed E-state index contributed by atoms with van der Waals surface area (Å²) in [4.78, 5) is 1.36. The van der Waals surface area contributed by atoms with Crippen LogP contribution in [0.25, 0.3) is 10.4 Å². The number of benzene rings is 1. The van der Waals surface area contributed by atoms with Gasteiger partial charge < -0.3 is 10.1 Å². The van der Waals surface area contributed by atoms with Crippen molar-refractivity contribution in [2.24, 2.45) is 0 Å². The summed E-state index contributed by atoms with van der Waals surface area (Å²) in [6.45, 7) is 3.06. The van der Waals surface area contributed by atoms with E-state index in [1.807, 2.05) is 0 Å². The van der Waals surface area contributed by atoms with Crippen LogP contribution in [0.1, 0.15) is 24.0 Å². The van der Waals surface area contributed by atoms with E-state index in [1.165, 1.54) is 34.4 Å². The summed E-state index contributed by atoms with van der Waals surface area (Å²) in [5, 5.41) is 5.71. The Morgan fingerprint density at radius 3 is 2.79 bits per heavy atom. The van der Waals surface area contributed by atoms with E-state index in [1.54, 1.807) is 18.4 Å². The summed E-state index contributed by atoms with van der Waals surface area (Å²) in [5.41, 5.74) is 3.89. The molecule has 1 N–H and O–H groups in total. The first-order chi connectivity index (χ1) is 9.28. The smallest absolute Gasteiger partial charge is 0.123 e. The summed E-state index contributed by atoms with van der Waals surface area (Å²) in [6.07, 6.45) is 2.62. The highest BCUT2D eigenvalue weighted by Crippen LogP contribution is 2.32. The van der Waals surface area contributed by atoms with Crippen LogP contribution >= 0.6 is 11.3 Å². The average molecular weight is 273 g/mol. The Balaban J connectivity index is 1.89. The van der Waals surface area contributed by atoms with Gasteiger partial charge in [-0.25, -0.2) is 0 Å².